The predicted octanol–water partition coefficient (Wildman–Crippen LogP) is 0.358. The minimum Gasteiger partial charge on any atom is -0.351 e. The van der Waals surface area contributed by atoms with Crippen LogP contribution in [0, 0.1) is 0 Å². The van der Waals surface area contributed by atoms with Crippen molar-refractivity contribution in [2.45, 2.75) is 44.8 Å². The SMILES string of the molecule is C[C@@H]1NC(=O)C2CCCN2[C@@H]1C. The average Bonchev–Trinajstić information content (AvgIpc) is 2.48. The second-order valence-electron chi connectivity index (χ2n) is 3.93. The summed E-state index contributed by atoms with van der Waals surface area (Å²) < 4.78 is 0. The molecular weight excluding hydrogens is 152 g/mol. The summed E-state index contributed by atoms with van der Waals surface area (Å²) >= 11 is 0. The number of amides is 1. The van der Waals surface area contributed by atoms with Gasteiger partial charge in [0, 0.05) is 12.1 Å². The Morgan fingerprint density at radius 1 is 1.50 bits per heavy atom. The van der Waals surface area contributed by atoms with Gasteiger partial charge in [-0.15, -0.1) is 0 Å². The Balaban J connectivity index is 2.17. The summed E-state index contributed by atoms with van der Waals surface area (Å²) in [6.07, 6.45) is 2.22. The van der Waals surface area contributed by atoms with Gasteiger partial charge in [-0.1, -0.05) is 0 Å². The molecule has 0 spiro atoms. The van der Waals surface area contributed by atoms with E-state index in [1.807, 2.05) is 0 Å². The zero-order chi connectivity index (χ0) is 8.72. The zero-order valence-corrected chi connectivity index (χ0v) is 7.71. The molecule has 0 aromatic rings. The van der Waals surface area contributed by atoms with E-state index in [1.54, 1.807) is 0 Å². The van der Waals surface area contributed by atoms with Crippen molar-refractivity contribution in [2.24, 2.45) is 0 Å². The van der Waals surface area contributed by atoms with E-state index in [4.69, 9.17) is 0 Å². The summed E-state index contributed by atoms with van der Waals surface area (Å²) in [7, 11) is 0. The first-order valence-electron chi connectivity index (χ1n) is 4.76. The molecule has 3 heteroatoms. The Morgan fingerprint density at radius 3 is 3.00 bits per heavy atom. The number of nitrogens with one attached hydrogen (secondary N) is 1. The number of hydrogen-bond acceptors (Lipinski definition) is 2. The van der Waals surface area contributed by atoms with Gasteiger partial charge in [-0.2, -0.15) is 0 Å². The Bertz CT molecular complexity index is 205. The molecule has 2 aliphatic heterocycles. The van der Waals surface area contributed by atoms with Crippen LogP contribution in [0.15, 0.2) is 0 Å². The van der Waals surface area contributed by atoms with Gasteiger partial charge in [-0.3, -0.25) is 9.69 Å². The van der Waals surface area contributed by atoms with Gasteiger partial charge in [0.1, 0.15) is 0 Å². The second kappa shape index (κ2) is 2.73. The zero-order valence-electron chi connectivity index (χ0n) is 7.71. The molecule has 0 aromatic carbocycles. The smallest absolute Gasteiger partial charge is 0.237 e. The summed E-state index contributed by atoms with van der Waals surface area (Å²) in [5, 5.41) is 3.02. The first-order valence-corrected chi connectivity index (χ1v) is 4.76. The summed E-state index contributed by atoms with van der Waals surface area (Å²) in [4.78, 5) is 13.8. The molecule has 2 saturated heterocycles. The van der Waals surface area contributed by atoms with Crippen LogP contribution >= 0.6 is 0 Å². The van der Waals surface area contributed by atoms with Crippen LogP contribution in [0.3, 0.4) is 0 Å². The maximum Gasteiger partial charge on any atom is 0.237 e. The van der Waals surface area contributed by atoms with Crippen LogP contribution in [-0.4, -0.2) is 35.5 Å². The topological polar surface area (TPSA) is 32.3 Å². The van der Waals surface area contributed by atoms with Crippen molar-refractivity contribution in [2.75, 3.05) is 6.54 Å². The second-order valence-corrected chi connectivity index (χ2v) is 3.93. The lowest BCUT2D eigenvalue weighted by Crippen LogP contribution is -2.61. The fourth-order valence-corrected chi connectivity index (χ4v) is 2.29. The Labute approximate surface area is 73.1 Å². The molecule has 1 amide bonds. The summed E-state index contributed by atoms with van der Waals surface area (Å²) in [6.45, 7) is 5.38. The third-order valence-corrected chi connectivity index (χ3v) is 3.21. The van der Waals surface area contributed by atoms with Gasteiger partial charge >= 0.3 is 0 Å². The van der Waals surface area contributed by atoms with Gasteiger partial charge in [-0.05, 0) is 33.2 Å². The molecule has 0 aliphatic carbocycles. The van der Waals surface area contributed by atoms with Crippen LogP contribution in [-0.2, 0) is 4.79 Å². The highest BCUT2D eigenvalue weighted by atomic mass is 16.2. The number of carbonyl (C=O) groups excluding carboxylic acids is 1. The molecule has 2 rings (SSSR count). The predicted molar refractivity (Wildman–Crippen MR) is 46.8 cm³/mol. The fraction of sp³-hybridized carbons (Fsp3) is 0.889. The van der Waals surface area contributed by atoms with Gasteiger partial charge in [0.2, 0.25) is 5.91 Å². The minimum atomic E-state index is 0.177. The molecular formula is C9H16N2O. The first-order chi connectivity index (χ1) is 5.70. The highest BCUT2D eigenvalue weighted by molar-refractivity contribution is 5.83. The summed E-state index contributed by atoms with van der Waals surface area (Å²) in [6, 6.07) is 0.998. The van der Waals surface area contributed by atoms with Gasteiger partial charge in [0.15, 0.2) is 0 Å². The molecule has 2 aliphatic rings. The maximum atomic E-state index is 11.5. The lowest BCUT2D eigenvalue weighted by atomic mass is 10.0. The quantitative estimate of drug-likeness (QED) is 0.566. The van der Waals surface area contributed by atoms with Gasteiger partial charge in [-0.25, -0.2) is 0 Å². The molecule has 0 radical (unpaired) electrons. The van der Waals surface area contributed by atoms with Crippen LogP contribution < -0.4 is 5.32 Å². The number of fused-ring (bicyclic) bond motifs is 1. The number of hydrogen-bond donors (Lipinski definition) is 1. The van der Waals surface area contributed by atoms with E-state index in [1.165, 1.54) is 6.42 Å². The lowest BCUT2D eigenvalue weighted by Gasteiger charge is -2.39. The van der Waals surface area contributed by atoms with Crippen molar-refractivity contribution >= 4 is 5.91 Å². The van der Waals surface area contributed by atoms with E-state index in [0.29, 0.717) is 12.1 Å². The highest BCUT2D eigenvalue weighted by Crippen LogP contribution is 2.24. The van der Waals surface area contributed by atoms with E-state index in [9.17, 15) is 4.79 Å². The molecule has 0 saturated carbocycles. The van der Waals surface area contributed by atoms with Gasteiger partial charge in [0.05, 0.1) is 6.04 Å². The van der Waals surface area contributed by atoms with Crippen molar-refractivity contribution in [3.05, 3.63) is 0 Å². The number of piperazine rings is 1. The van der Waals surface area contributed by atoms with Crippen LogP contribution in [0.1, 0.15) is 26.7 Å². The van der Waals surface area contributed by atoms with E-state index in [2.05, 4.69) is 24.1 Å². The fourth-order valence-electron chi connectivity index (χ4n) is 2.29. The molecule has 1 N–H and O–H groups in total. The third-order valence-electron chi connectivity index (χ3n) is 3.21. The van der Waals surface area contributed by atoms with Gasteiger partial charge in [0.25, 0.3) is 0 Å². The Hall–Kier alpha value is -0.570. The van der Waals surface area contributed by atoms with Gasteiger partial charge < -0.3 is 5.32 Å². The Morgan fingerprint density at radius 2 is 2.25 bits per heavy atom. The maximum absolute atomic E-state index is 11.5. The molecule has 0 bridgehead atoms. The van der Waals surface area contributed by atoms with Crippen LogP contribution in [0.5, 0.6) is 0 Å². The van der Waals surface area contributed by atoms with Crippen LogP contribution in [0.25, 0.3) is 0 Å². The molecule has 12 heavy (non-hydrogen) atoms. The largest absolute Gasteiger partial charge is 0.351 e. The lowest BCUT2D eigenvalue weighted by molar-refractivity contribution is -0.130. The summed E-state index contributed by atoms with van der Waals surface area (Å²) in [5.74, 6) is 0.234. The molecule has 68 valence electrons. The number of rotatable bonds is 0. The highest BCUT2D eigenvalue weighted by Gasteiger charge is 2.40. The van der Waals surface area contributed by atoms with Crippen LogP contribution in [0.4, 0.5) is 0 Å². The van der Waals surface area contributed by atoms with E-state index >= 15 is 0 Å². The molecule has 3 nitrogen and oxygen atoms in total. The molecule has 1 unspecified atom stereocenters. The number of nitrogens with zero attached hydrogens (tertiary/aromatic N) is 1. The third kappa shape index (κ3) is 1.04. The van der Waals surface area contributed by atoms with E-state index in [-0.39, 0.29) is 11.9 Å². The van der Waals surface area contributed by atoms with E-state index in [0.717, 1.165) is 13.0 Å². The first kappa shape index (κ1) is 8.05. The van der Waals surface area contributed by atoms with Crippen molar-refractivity contribution in [1.82, 2.24) is 10.2 Å². The summed E-state index contributed by atoms with van der Waals surface area (Å²) in [5.41, 5.74) is 0. The molecule has 2 heterocycles. The monoisotopic (exact) mass is 168 g/mol. The van der Waals surface area contributed by atoms with E-state index < -0.39 is 0 Å². The van der Waals surface area contributed by atoms with Crippen molar-refractivity contribution in [3.63, 3.8) is 0 Å². The van der Waals surface area contributed by atoms with Crippen LogP contribution in [0.2, 0.25) is 0 Å². The average molecular weight is 168 g/mol. The Kier molecular flexibility index (Phi) is 1.83. The molecule has 2 fully saturated rings. The molecule has 0 aromatic heterocycles. The standard InChI is InChI=1S/C9H16N2O/c1-6-7(2)11-5-3-4-8(11)9(12)10-6/h6-8H,3-5H2,1-2H3,(H,10,12)/t6-,7+,8?/m0/s1. The molecule has 3 atom stereocenters. The minimum absolute atomic E-state index is 0.177. The van der Waals surface area contributed by atoms with Crippen molar-refractivity contribution in [3.8, 4) is 0 Å². The number of carbonyl (C=O) groups is 1. The normalized spacial score (nSPS) is 42.5. The van der Waals surface area contributed by atoms with Crippen molar-refractivity contribution < 1.29 is 4.79 Å². The van der Waals surface area contributed by atoms with Crippen molar-refractivity contribution in [1.29, 1.82) is 0 Å².